The zero-order chi connectivity index (χ0) is 14.5. The molecule has 7 nitrogen and oxygen atoms in total. The van der Waals surface area contributed by atoms with Gasteiger partial charge in [0.25, 0.3) is 5.91 Å². The first-order valence-corrected chi connectivity index (χ1v) is 6.49. The highest BCUT2D eigenvalue weighted by atomic mass is 16.2. The number of nitrogens with zero attached hydrogens (tertiary/aromatic N) is 1. The van der Waals surface area contributed by atoms with Crippen molar-refractivity contribution in [2.75, 3.05) is 19.6 Å². The number of hydrogen-bond donors (Lipinski definition) is 3. The lowest BCUT2D eigenvalue weighted by atomic mass is 10.1. The standard InChI is InChI=1S/C12H22N4O3/c1-12(2)10(18)16(11(19)15-12)8-3-5-9(17)14-7-4-6-13/h3-8,13H2,1-2H3,(H,14,17)(H,15,19). The Balaban J connectivity index is 2.28. The van der Waals surface area contributed by atoms with Crippen LogP contribution in [0, 0.1) is 0 Å². The van der Waals surface area contributed by atoms with Crippen LogP contribution in [0.2, 0.25) is 0 Å². The molecule has 0 radical (unpaired) electrons. The van der Waals surface area contributed by atoms with Crippen molar-refractivity contribution in [3.8, 4) is 0 Å². The Morgan fingerprint density at radius 1 is 1.37 bits per heavy atom. The second kappa shape index (κ2) is 6.51. The van der Waals surface area contributed by atoms with E-state index in [0.29, 0.717) is 25.9 Å². The van der Waals surface area contributed by atoms with Gasteiger partial charge in [-0.3, -0.25) is 14.5 Å². The molecule has 0 aliphatic carbocycles. The van der Waals surface area contributed by atoms with Crippen LogP contribution in [-0.4, -0.2) is 47.9 Å². The van der Waals surface area contributed by atoms with Crippen molar-refractivity contribution < 1.29 is 14.4 Å². The van der Waals surface area contributed by atoms with Crippen LogP contribution in [0.25, 0.3) is 0 Å². The molecule has 1 rings (SSSR count). The van der Waals surface area contributed by atoms with E-state index in [1.165, 1.54) is 0 Å². The largest absolute Gasteiger partial charge is 0.356 e. The molecule has 108 valence electrons. The summed E-state index contributed by atoms with van der Waals surface area (Å²) in [5, 5.41) is 5.32. The summed E-state index contributed by atoms with van der Waals surface area (Å²) in [5.74, 6) is -0.333. The van der Waals surface area contributed by atoms with Crippen LogP contribution in [-0.2, 0) is 9.59 Å². The van der Waals surface area contributed by atoms with Gasteiger partial charge in [-0.25, -0.2) is 4.79 Å². The van der Waals surface area contributed by atoms with Gasteiger partial charge in [-0.15, -0.1) is 0 Å². The zero-order valence-corrected chi connectivity index (χ0v) is 11.5. The monoisotopic (exact) mass is 270 g/mol. The number of hydrogen-bond acceptors (Lipinski definition) is 4. The van der Waals surface area contributed by atoms with Gasteiger partial charge in [-0.2, -0.15) is 0 Å². The summed E-state index contributed by atoms with van der Waals surface area (Å²) in [4.78, 5) is 36.0. The smallest absolute Gasteiger partial charge is 0.325 e. The molecule has 19 heavy (non-hydrogen) atoms. The van der Waals surface area contributed by atoms with Crippen molar-refractivity contribution >= 4 is 17.8 Å². The van der Waals surface area contributed by atoms with E-state index in [0.717, 1.165) is 11.3 Å². The lowest BCUT2D eigenvalue weighted by Crippen LogP contribution is -2.40. The summed E-state index contributed by atoms with van der Waals surface area (Å²) in [6.07, 6.45) is 1.50. The number of urea groups is 1. The van der Waals surface area contributed by atoms with Gasteiger partial charge in [0, 0.05) is 19.5 Å². The topological polar surface area (TPSA) is 105 Å². The van der Waals surface area contributed by atoms with Crippen molar-refractivity contribution in [3.05, 3.63) is 0 Å². The second-order valence-electron chi connectivity index (χ2n) is 5.11. The highest BCUT2D eigenvalue weighted by Gasteiger charge is 2.43. The molecule has 1 saturated heterocycles. The van der Waals surface area contributed by atoms with E-state index in [-0.39, 0.29) is 18.4 Å². The Labute approximate surface area is 112 Å². The number of carbonyl (C=O) groups excluding carboxylic acids is 3. The molecule has 1 aliphatic heterocycles. The van der Waals surface area contributed by atoms with Gasteiger partial charge in [-0.1, -0.05) is 0 Å². The van der Waals surface area contributed by atoms with Crippen LogP contribution in [0.15, 0.2) is 0 Å². The van der Waals surface area contributed by atoms with Crippen LogP contribution in [0.3, 0.4) is 0 Å². The molecular weight excluding hydrogens is 248 g/mol. The minimum Gasteiger partial charge on any atom is -0.356 e. The van der Waals surface area contributed by atoms with E-state index in [1.807, 2.05) is 0 Å². The Morgan fingerprint density at radius 2 is 2.05 bits per heavy atom. The van der Waals surface area contributed by atoms with E-state index in [4.69, 9.17) is 5.73 Å². The first-order chi connectivity index (χ1) is 8.88. The van der Waals surface area contributed by atoms with Crippen molar-refractivity contribution in [3.63, 3.8) is 0 Å². The van der Waals surface area contributed by atoms with E-state index in [1.54, 1.807) is 13.8 Å². The molecule has 1 heterocycles. The van der Waals surface area contributed by atoms with E-state index in [2.05, 4.69) is 10.6 Å². The lowest BCUT2D eigenvalue weighted by Gasteiger charge is -2.15. The van der Waals surface area contributed by atoms with Crippen LogP contribution in [0.4, 0.5) is 4.79 Å². The Morgan fingerprint density at radius 3 is 2.58 bits per heavy atom. The predicted octanol–water partition coefficient (Wildman–Crippen LogP) is -0.438. The molecule has 0 aromatic heterocycles. The molecule has 0 bridgehead atoms. The third-order valence-electron chi connectivity index (χ3n) is 2.93. The van der Waals surface area contributed by atoms with Crippen LogP contribution >= 0.6 is 0 Å². The quantitative estimate of drug-likeness (QED) is 0.431. The fourth-order valence-electron chi connectivity index (χ4n) is 1.84. The minimum absolute atomic E-state index is 0.0836. The van der Waals surface area contributed by atoms with Crippen LogP contribution < -0.4 is 16.4 Å². The summed E-state index contributed by atoms with van der Waals surface area (Å²) in [7, 11) is 0. The molecule has 4 N–H and O–H groups in total. The third kappa shape index (κ3) is 4.20. The molecule has 1 aliphatic rings. The van der Waals surface area contributed by atoms with Gasteiger partial charge in [0.1, 0.15) is 5.54 Å². The van der Waals surface area contributed by atoms with Crippen molar-refractivity contribution in [2.24, 2.45) is 5.73 Å². The number of imide groups is 1. The number of carbonyl (C=O) groups is 3. The first kappa shape index (κ1) is 15.4. The molecule has 0 saturated carbocycles. The number of nitrogens with one attached hydrogen (secondary N) is 2. The summed E-state index contributed by atoms with van der Waals surface area (Å²) in [6, 6.07) is -0.390. The lowest BCUT2D eigenvalue weighted by molar-refractivity contribution is -0.130. The molecule has 1 fully saturated rings. The van der Waals surface area contributed by atoms with Gasteiger partial charge < -0.3 is 16.4 Å². The molecular formula is C12H22N4O3. The van der Waals surface area contributed by atoms with E-state index >= 15 is 0 Å². The summed E-state index contributed by atoms with van der Waals surface area (Å²) in [5.41, 5.74) is 4.47. The Hall–Kier alpha value is -1.63. The van der Waals surface area contributed by atoms with Gasteiger partial charge in [0.15, 0.2) is 0 Å². The molecule has 0 unspecified atom stereocenters. The average Bonchev–Trinajstić information content (AvgIpc) is 2.51. The molecule has 0 spiro atoms. The second-order valence-corrected chi connectivity index (χ2v) is 5.11. The van der Waals surface area contributed by atoms with Crippen LogP contribution in [0.1, 0.15) is 33.1 Å². The minimum atomic E-state index is -0.847. The van der Waals surface area contributed by atoms with Crippen molar-refractivity contribution in [1.82, 2.24) is 15.5 Å². The summed E-state index contributed by atoms with van der Waals surface area (Å²) >= 11 is 0. The number of amides is 4. The zero-order valence-electron chi connectivity index (χ0n) is 11.5. The summed E-state index contributed by atoms with van der Waals surface area (Å²) < 4.78 is 0. The molecule has 0 aromatic carbocycles. The Kier molecular flexibility index (Phi) is 5.29. The number of rotatable bonds is 7. The van der Waals surface area contributed by atoms with Gasteiger partial charge in [0.05, 0.1) is 0 Å². The SMILES string of the molecule is CC1(C)NC(=O)N(CCCC(=O)NCCCN)C1=O. The van der Waals surface area contributed by atoms with E-state index < -0.39 is 11.6 Å². The molecule has 0 atom stereocenters. The molecule has 4 amide bonds. The fourth-order valence-corrected chi connectivity index (χ4v) is 1.84. The third-order valence-corrected chi connectivity index (χ3v) is 2.93. The predicted molar refractivity (Wildman–Crippen MR) is 70.2 cm³/mol. The molecule has 7 heteroatoms. The highest BCUT2D eigenvalue weighted by Crippen LogP contribution is 2.16. The van der Waals surface area contributed by atoms with Gasteiger partial charge in [-0.05, 0) is 33.2 Å². The average molecular weight is 270 g/mol. The number of nitrogens with two attached hydrogens (primary N) is 1. The fraction of sp³-hybridized carbons (Fsp3) is 0.750. The van der Waals surface area contributed by atoms with Crippen LogP contribution in [0.5, 0.6) is 0 Å². The maximum Gasteiger partial charge on any atom is 0.325 e. The Bertz CT molecular complexity index is 368. The molecule has 0 aromatic rings. The maximum absolute atomic E-state index is 11.9. The first-order valence-electron chi connectivity index (χ1n) is 6.49. The highest BCUT2D eigenvalue weighted by molar-refractivity contribution is 6.06. The maximum atomic E-state index is 11.9. The van der Waals surface area contributed by atoms with Crippen molar-refractivity contribution in [1.29, 1.82) is 0 Å². The van der Waals surface area contributed by atoms with Crippen molar-refractivity contribution in [2.45, 2.75) is 38.6 Å². The van der Waals surface area contributed by atoms with E-state index in [9.17, 15) is 14.4 Å². The normalized spacial score (nSPS) is 17.5. The van der Waals surface area contributed by atoms with Gasteiger partial charge in [0.2, 0.25) is 5.91 Å². The van der Waals surface area contributed by atoms with Gasteiger partial charge >= 0.3 is 6.03 Å². The summed E-state index contributed by atoms with van der Waals surface area (Å²) in [6.45, 7) is 4.68.